The van der Waals surface area contributed by atoms with Crippen molar-refractivity contribution in [2.24, 2.45) is 11.3 Å². The lowest BCUT2D eigenvalue weighted by Gasteiger charge is -2.36. The maximum atomic E-state index is 13.3. The van der Waals surface area contributed by atoms with Crippen LogP contribution in [0.3, 0.4) is 0 Å². The number of anilines is 5. The second kappa shape index (κ2) is 10.5. The molecule has 11 nitrogen and oxygen atoms in total. The van der Waals surface area contributed by atoms with E-state index < -0.39 is 11.5 Å². The Bertz CT molecular complexity index is 1540. The van der Waals surface area contributed by atoms with Gasteiger partial charge in [-0.15, -0.1) is 0 Å². The SMILES string of the molecule is Cc1c(Nc2cc[nH]c(=O)c2C(=O)Nc2ccc(N3CCN(C(=O)C4CC4(C)C)CC3)cc2)cnc2c1NCCO2. The average molecular weight is 558 g/mol. The van der Waals surface area contributed by atoms with Crippen LogP contribution < -0.4 is 31.1 Å². The number of benzene rings is 1. The van der Waals surface area contributed by atoms with E-state index in [-0.39, 0.29) is 22.8 Å². The van der Waals surface area contributed by atoms with Crippen molar-refractivity contribution < 1.29 is 14.3 Å². The number of nitrogens with zero attached hydrogens (tertiary/aromatic N) is 3. The summed E-state index contributed by atoms with van der Waals surface area (Å²) in [5.74, 6) is 0.447. The van der Waals surface area contributed by atoms with E-state index in [0.717, 1.165) is 36.4 Å². The van der Waals surface area contributed by atoms with Gasteiger partial charge in [0.15, 0.2) is 0 Å². The summed E-state index contributed by atoms with van der Waals surface area (Å²) < 4.78 is 5.60. The molecule has 1 saturated carbocycles. The highest BCUT2D eigenvalue weighted by Crippen LogP contribution is 2.52. The number of nitrogens with one attached hydrogen (secondary N) is 4. The zero-order valence-corrected chi connectivity index (χ0v) is 23.5. The van der Waals surface area contributed by atoms with Gasteiger partial charge in [0.1, 0.15) is 17.9 Å². The van der Waals surface area contributed by atoms with Crippen molar-refractivity contribution in [2.45, 2.75) is 27.2 Å². The molecule has 11 heteroatoms. The molecule has 41 heavy (non-hydrogen) atoms. The normalized spacial score (nSPS) is 19.0. The molecule has 2 aromatic heterocycles. The Balaban J connectivity index is 1.11. The first-order chi connectivity index (χ1) is 19.7. The lowest BCUT2D eigenvalue weighted by Crippen LogP contribution is -2.49. The first-order valence-electron chi connectivity index (χ1n) is 14.0. The summed E-state index contributed by atoms with van der Waals surface area (Å²) in [5, 5.41) is 9.34. The van der Waals surface area contributed by atoms with E-state index in [9.17, 15) is 14.4 Å². The molecular formula is C30H35N7O4. The first-order valence-corrected chi connectivity index (χ1v) is 14.0. The molecule has 4 heterocycles. The number of pyridine rings is 2. The smallest absolute Gasteiger partial charge is 0.263 e. The zero-order chi connectivity index (χ0) is 28.7. The number of rotatable bonds is 6. The third-order valence-electron chi connectivity index (χ3n) is 8.30. The molecular weight excluding hydrogens is 522 g/mol. The summed E-state index contributed by atoms with van der Waals surface area (Å²) in [6.45, 7) is 10.4. The molecule has 2 fully saturated rings. The Morgan fingerprint density at radius 2 is 1.80 bits per heavy atom. The minimum absolute atomic E-state index is 0.0301. The number of hydrogen-bond acceptors (Lipinski definition) is 8. The quantitative estimate of drug-likeness (QED) is 0.362. The third kappa shape index (κ3) is 5.31. The number of aromatic amines is 1. The van der Waals surface area contributed by atoms with E-state index in [4.69, 9.17) is 4.74 Å². The van der Waals surface area contributed by atoms with Crippen LogP contribution in [0.15, 0.2) is 47.5 Å². The number of aromatic nitrogens is 2. The number of fused-ring (bicyclic) bond motifs is 1. The van der Waals surface area contributed by atoms with Crippen LogP contribution in [0.5, 0.6) is 5.88 Å². The minimum Gasteiger partial charge on any atom is -0.474 e. The Hall–Kier alpha value is -4.54. The number of hydrogen-bond donors (Lipinski definition) is 4. The second-order valence-electron chi connectivity index (χ2n) is 11.5. The first kappa shape index (κ1) is 26.7. The average Bonchev–Trinajstić information content (AvgIpc) is 3.62. The number of piperazine rings is 1. The van der Waals surface area contributed by atoms with Crippen LogP contribution in [0.1, 0.15) is 36.2 Å². The van der Waals surface area contributed by atoms with Gasteiger partial charge in [-0.3, -0.25) is 14.4 Å². The summed E-state index contributed by atoms with van der Waals surface area (Å²) in [5.41, 5.74) is 3.89. The van der Waals surface area contributed by atoms with E-state index in [0.29, 0.717) is 49.2 Å². The number of carbonyl (C=O) groups is 2. The molecule has 0 radical (unpaired) electrons. The van der Waals surface area contributed by atoms with Crippen LogP contribution >= 0.6 is 0 Å². The van der Waals surface area contributed by atoms with Gasteiger partial charge >= 0.3 is 0 Å². The predicted octanol–water partition coefficient (Wildman–Crippen LogP) is 3.57. The van der Waals surface area contributed by atoms with Gasteiger partial charge in [0, 0.05) is 61.8 Å². The van der Waals surface area contributed by atoms with Crippen LogP contribution in [-0.4, -0.2) is 66.0 Å². The Morgan fingerprint density at radius 1 is 1.07 bits per heavy atom. The van der Waals surface area contributed by atoms with E-state index in [1.54, 1.807) is 12.3 Å². The molecule has 1 aliphatic carbocycles. The number of carbonyl (C=O) groups excluding carboxylic acids is 2. The number of H-pyrrole nitrogens is 1. The van der Waals surface area contributed by atoms with Crippen molar-refractivity contribution in [1.82, 2.24) is 14.9 Å². The standard InChI is InChI=1S/C30H35N7O4/c1-18-23(17-33-28-25(18)31-10-15-41-28)35-22-8-9-32-26(38)24(22)27(39)34-19-4-6-20(7-5-19)36-11-13-37(14-12-36)29(40)21-16-30(21,2)3/h4-9,17,21,31H,10-16H2,1-3H3,(H,34,39)(H2,32,35,38). The van der Waals surface area contributed by atoms with E-state index in [1.807, 2.05) is 36.1 Å². The molecule has 3 aromatic rings. The summed E-state index contributed by atoms with van der Waals surface area (Å²) in [4.78, 5) is 50.0. The molecule has 0 bridgehead atoms. The van der Waals surface area contributed by atoms with Crippen LogP contribution in [-0.2, 0) is 4.79 Å². The fourth-order valence-electron chi connectivity index (χ4n) is 5.54. The summed E-state index contributed by atoms with van der Waals surface area (Å²) in [6.07, 6.45) is 4.10. The van der Waals surface area contributed by atoms with Gasteiger partial charge in [-0.1, -0.05) is 13.8 Å². The topological polar surface area (TPSA) is 132 Å². The molecule has 6 rings (SSSR count). The molecule has 214 valence electrons. The molecule has 1 aromatic carbocycles. The van der Waals surface area contributed by atoms with Crippen LogP contribution in [0.2, 0.25) is 0 Å². The lowest BCUT2D eigenvalue weighted by molar-refractivity contribution is -0.133. The van der Waals surface area contributed by atoms with Gasteiger partial charge in [0.2, 0.25) is 11.8 Å². The molecule has 0 spiro atoms. The summed E-state index contributed by atoms with van der Waals surface area (Å²) in [6, 6.07) is 9.19. The third-order valence-corrected chi connectivity index (χ3v) is 8.30. The Morgan fingerprint density at radius 3 is 2.51 bits per heavy atom. The van der Waals surface area contributed by atoms with Gasteiger partial charge < -0.3 is 35.5 Å². The highest BCUT2D eigenvalue weighted by Gasteiger charge is 2.52. The predicted molar refractivity (Wildman–Crippen MR) is 158 cm³/mol. The van der Waals surface area contributed by atoms with Crippen molar-refractivity contribution in [3.63, 3.8) is 0 Å². The van der Waals surface area contributed by atoms with Crippen LogP contribution in [0, 0.1) is 18.3 Å². The number of amides is 2. The van der Waals surface area contributed by atoms with Crippen molar-refractivity contribution in [3.8, 4) is 5.88 Å². The van der Waals surface area contributed by atoms with Crippen molar-refractivity contribution in [3.05, 3.63) is 64.2 Å². The zero-order valence-electron chi connectivity index (χ0n) is 23.5. The van der Waals surface area contributed by atoms with Gasteiger partial charge in [-0.25, -0.2) is 4.98 Å². The fraction of sp³-hybridized carbons (Fsp3) is 0.400. The van der Waals surface area contributed by atoms with Gasteiger partial charge in [0.25, 0.3) is 11.5 Å². The molecule has 1 saturated heterocycles. The van der Waals surface area contributed by atoms with Crippen LogP contribution in [0.4, 0.5) is 28.4 Å². The van der Waals surface area contributed by atoms with Crippen molar-refractivity contribution >= 4 is 40.3 Å². The van der Waals surface area contributed by atoms with E-state index in [1.165, 1.54) is 6.20 Å². The van der Waals surface area contributed by atoms with E-state index >= 15 is 0 Å². The molecule has 1 atom stereocenters. The summed E-state index contributed by atoms with van der Waals surface area (Å²) >= 11 is 0. The van der Waals surface area contributed by atoms with Crippen molar-refractivity contribution in [2.75, 3.05) is 60.2 Å². The summed E-state index contributed by atoms with van der Waals surface area (Å²) in [7, 11) is 0. The molecule has 2 aliphatic heterocycles. The highest BCUT2D eigenvalue weighted by molar-refractivity contribution is 6.08. The largest absolute Gasteiger partial charge is 0.474 e. The molecule has 2 amide bonds. The monoisotopic (exact) mass is 557 g/mol. The molecule has 3 aliphatic rings. The second-order valence-corrected chi connectivity index (χ2v) is 11.5. The van der Waals surface area contributed by atoms with Gasteiger partial charge in [0.05, 0.1) is 17.6 Å². The maximum Gasteiger partial charge on any atom is 0.263 e. The maximum absolute atomic E-state index is 13.3. The van der Waals surface area contributed by atoms with E-state index in [2.05, 4.69) is 44.7 Å². The van der Waals surface area contributed by atoms with Crippen LogP contribution in [0.25, 0.3) is 0 Å². The van der Waals surface area contributed by atoms with Crippen molar-refractivity contribution in [1.29, 1.82) is 0 Å². The molecule has 4 N–H and O–H groups in total. The van der Waals surface area contributed by atoms with Gasteiger partial charge in [-0.05, 0) is 49.1 Å². The number of ether oxygens (including phenoxy) is 1. The Kier molecular flexibility index (Phi) is 6.80. The highest BCUT2D eigenvalue weighted by atomic mass is 16.5. The van der Waals surface area contributed by atoms with Gasteiger partial charge in [-0.2, -0.15) is 0 Å². The minimum atomic E-state index is -0.526. The molecule has 1 unspecified atom stereocenters. The lowest BCUT2D eigenvalue weighted by atomic mass is 10.1. The Labute approximate surface area is 238 Å². The fourth-order valence-corrected chi connectivity index (χ4v) is 5.54.